The lowest BCUT2D eigenvalue weighted by Gasteiger charge is -2.35. The van der Waals surface area contributed by atoms with E-state index in [1.807, 2.05) is 12.1 Å². The van der Waals surface area contributed by atoms with Crippen molar-refractivity contribution in [2.24, 2.45) is 0 Å². The Kier molecular flexibility index (Phi) is 4.74. The molecule has 1 unspecified atom stereocenters. The van der Waals surface area contributed by atoms with E-state index in [4.69, 9.17) is 0 Å². The highest BCUT2D eigenvalue weighted by Crippen LogP contribution is 2.28. The van der Waals surface area contributed by atoms with Gasteiger partial charge in [-0.25, -0.2) is 0 Å². The van der Waals surface area contributed by atoms with Crippen molar-refractivity contribution in [3.63, 3.8) is 0 Å². The minimum absolute atomic E-state index is 0.121. The summed E-state index contributed by atoms with van der Waals surface area (Å²) in [7, 11) is 0. The van der Waals surface area contributed by atoms with Gasteiger partial charge in [0.2, 0.25) is 11.8 Å². The molecule has 2 saturated heterocycles. The SMILES string of the molecule is CC1(NCc2ccc3c(c2)CN(C2CCC(=O)NC2=O)C3=O)CCNCC1. The molecule has 2 fully saturated rings. The van der Waals surface area contributed by atoms with Gasteiger partial charge in [0.15, 0.2) is 0 Å². The summed E-state index contributed by atoms with van der Waals surface area (Å²) in [6, 6.07) is 5.36. The second-order valence-corrected chi connectivity index (χ2v) is 8.06. The Morgan fingerprint density at radius 1 is 1.22 bits per heavy atom. The molecule has 7 heteroatoms. The monoisotopic (exact) mass is 370 g/mol. The number of fused-ring (bicyclic) bond motifs is 1. The number of carbonyl (C=O) groups excluding carboxylic acids is 3. The van der Waals surface area contributed by atoms with Gasteiger partial charge in [0.1, 0.15) is 6.04 Å². The molecule has 7 nitrogen and oxygen atoms in total. The van der Waals surface area contributed by atoms with Gasteiger partial charge in [-0.15, -0.1) is 0 Å². The third kappa shape index (κ3) is 3.61. The van der Waals surface area contributed by atoms with Crippen LogP contribution in [0.3, 0.4) is 0 Å². The molecule has 27 heavy (non-hydrogen) atoms. The number of imide groups is 1. The fraction of sp³-hybridized carbons (Fsp3) is 0.550. The van der Waals surface area contributed by atoms with Gasteiger partial charge >= 0.3 is 0 Å². The Bertz CT molecular complexity index is 785. The Balaban J connectivity index is 1.44. The van der Waals surface area contributed by atoms with Crippen LogP contribution in [0.1, 0.15) is 54.1 Å². The molecule has 0 aromatic heterocycles. The average molecular weight is 370 g/mol. The number of carbonyl (C=O) groups is 3. The highest BCUT2D eigenvalue weighted by molar-refractivity contribution is 6.05. The van der Waals surface area contributed by atoms with E-state index in [1.54, 1.807) is 4.90 Å². The largest absolute Gasteiger partial charge is 0.322 e. The maximum atomic E-state index is 12.7. The molecule has 4 rings (SSSR count). The fourth-order valence-corrected chi connectivity index (χ4v) is 4.21. The summed E-state index contributed by atoms with van der Waals surface area (Å²) in [4.78, 5) is 37.8. The Labute approximate surface area is 158 Å². The molecular weight excluding hydrogens is 344 g/mol. The van der Waals surface area contributed by atoms with E-state index in [2.05, 4.69) is 28.9 Å². The Morgan fingerprint density at radius 3 is 2.74 bits per heavy atom. The van der Waals surface area contributed by atoms with Gasteiger partial charge in [0.05, 0.1) is 0 Å². The first-order valence-electron chi connectivity index (χ1n) is 9.67. The van der Waals surface area contributed by atoms with Gasteiger partial charge in [-0.3, -0.25) is 19.7 Å². The summed E-state index contributed by atoms with van der Waals surface area (Å²) in [5, 5.41) is 9.38. The van der Waals surface area contributed by atoms with Crippen LogP contribution < -0.4 is 16.0 Å². The Hall–Kier alpha value is -2.25. The summed E-state index contributed by atoms with van der Waals surface area (Å²) in [6.07, 6.45) is 2.86. The minimum Gasteiger partial charge on any atom is -0.322 e. The predicted molar refractivity (Wildman–Crippen MR) is 99.8 cm³/mol. The fourth-order valence-electron chi connectivity index (χ4n) is 4.21. The number of hydrogen-bond donors (Lipinski definition) is 3. The van der Waals surface area contributed by atoms with E-state index in [1.165, 1.54) is 0 Å². The maximum absolute atomic E-state index is 12.7. The molecule has 3 aliphatic heterocycles. The van der Waals surface area contributed by atoms with Crippen molar-refractivity contribution in [2.45, 2.75) is 57.3 Å². The van der Waals surface area contributed by atoms with Crippen molar-refractivity contribution < 1.29 is 14.4 Å². The number of rotatable bonds is 4. The van der Waals surface area contributed by atoms with Crippen molar-refractivity contribution in [3.05, 3.63) is 34.9 Å². The zero-order valence-corrected chi connectivity index (χ0v) is 15.6. The average Bonchev–Trinajstić information content (AvgIpc) is 2.97. The zero-order valence-electron chi connectivity index (χ0n) is 15.6. The molecule has 3 amide bonds. The number of amides is 3. The van der Waals surface area contributed by atoms with Crippen LogP contribution in [-0.4, -0.2) is 47.3 Å². The molecule has 3 aliphatic rings. The standard InChI is InChI=1S/C20H26N4O3/c1-20(6-8-21-9-7-20)22-11-13-2-3-15-14(10-13)12-24(19(15)27)16-4-5-17(25)23-18(16)26/h2-3,10,16,21-22H,4-9,11-12H2,1H3,(H,23,25,26). The van der Waals surface area contributed by atoms with Crippen molar-refractivity contribution in [1.82, 2.24) is 20.9 Å². The molecule has 0 saturated carbocycles. The van der Waals surface area contributed by atoms with Crippen LogP contribution in [0.5, 0.6) is 0 Å². The topological polar surface area (TPSA) is 90.5 Å². The third-order valence-electron chi connectivity index (χ3n) is 6.01. The smallest absolute Gasteiger partial charge is 0.255 e. The van der Waals surface area contributed by atoms with E-state index < -0.39 is 6.04 Å². The first-order chi connectivity index (χ1) is 13.0. The lowest BCUT2D eigenvalue weighted by Crippen LogP contribution is -2.52. The lowest BCUT2D eigenvalue weighted by molar-refractivity contribution is -0.136. The van der Waals surface area contributed by atoms with Crippen molar-refractivity contribution in [2.75, 3.05) is 13.1 Å². The molecule has 0 bridgehead atoms. The Morgan fingerprint density at radius 2 is 2.00 bits per heavy atom. The molecule has 0 aliphatic carbocycles. The van der Waals surface area contributed by atoms with Crippen LogP contribution in [-0.2, 0) is 22.7 Å². The highest BCUT2D eigenvalue weighted by Gasteiger charge is 2.39. The molecule has 0 spiro atoms. The van der Waals surface area contributed by atoms with Gasteiger partial charge in [0.25, 0.3) is 5.91 Å². The van der Waals surface area contributed by atoms with E-state index in [-0.39, 0.29) is 29.7 Å². The highest BCUT2D eigenvalue weighted by atomic mass is 16.2. The van der Waals surface area contributed by atoms with Crippen LogP contribution in [0.4, 0.5) is 0 Å². The second-order valence-electron chi connectivity index (χ2n) is 8.06. The molecule has 144 valence electrons. The first kappa shape index (κ1) is 18.1. The zero-order chi connectivity index (χ0) is 19.0. The number of benzene rings is 1. The van der Waals surface area contributed by atoms with Gasteiger partial charge in [-0.2, -0.15) is 0 Å². The molecule has 0 radical (unpaired) electrons. The summed E-state index contributed by atoms with van der Waals surface area (Å²) >= 11 is 0. The number of nitrogens with one attached hydrogen (secondary N) is 3. The van der Waals surface area contributed by atoms with E-state index in [0.717, 1.165) is 43.6 Å². The van der Waals surface area contributed by atoms with Crippen molar-refractivity contribution in [1.29, 1.82) is 0 Å². The maximum Gasteiger partial charge on any atom is 0.255 e. The van der Waals surface area contributed by atoms with E-state index >= 15 is 0 Å². The number of hydrogen-bond acceptors (Lipinski definition) is 5. The summed E-state index contributed by atoms with van der Waals surface area (Å²) < 4.78 is 0. The van der Waals surface area contributed by atoms with Crippen molar-refractivity contribution in [3.8, 4) is 0 Å². The summed E-state index contributed by atoms with van der Waals surface area (Å²) in [6.45, 7) is 5.51. The van der Waals surface area contributed by atoms with Gasteiger partial charge in [-0.05, 0) is 56.5 Å². The quantitative estimate of drug-likeness (QED) is 0.678. The molecule has 1 aromatic rings. The molecule has 3 N–H and O–H groups in total. The minimum atomic E-state index is -0.558. The lowest BCUT2D eigenvalue weighted by atomic mass is 9.90. The van der Waals surface area contributed by atoms with Crippen LogP contribution in [0, 0.1) is 0 Å². The third-order valence-corrected chi connectivity index (χ3v) is 6.01. The van der Waals surface area contributed by atoms with Crippen LogP contribution in [0.25, 0.3) is 0 Å². The molecule has 1 atom stereocenters. The summed E-state index contributed by atoms with van der Waals surface area (Å²) in [5.74, 6) is -0.752. The van der Waals surface area contributed by atoms with Gasteiger partial charge < -0.3 is 15.5 Å². The van der Waals surface area contributed by atoms with Crippen LogP contribution in [0.2, 0.25) is 0 Å². The number of nitrogens with zero attached hydrogens (tertiary/aromatic N) is 1. The van der Waals surface area contributed by atoms with Gasteiger partial charge in [-0.1, -0.05) is 12.1 Å². The summed E-state index contributed by atoms with van der Waals surface area (Å²) in [5.41, 5.74) is 2.90. The van der Waals surface area contributed by atoms with E-state index in [0.29, 0.717) is 18.5 Å². The van der Waals surface area contributed by atoms with Gasteiger partial charge in [0, 0.05) is 30.6 Å². The normalized spacial score (nSPS) is 24.7. The molecule has 3 heterocycles. The number of piperidine rings is 2. The first-order valence-corrected chi connectivity index (χ1v) is 9.67. The van der Waals surface area contributed by atoms with Crippen LogP contribution in [0.15, 0.2) is 18.2 Å². The predicted octanol–water partition coefficient (Wildman–Crippen LogP) is 0.679. The second kappa shape index (κ2) is 7.05. The van der Waals surface area contributed by atoms with Crippen LogP contribution >= 0.6 is 0 Å². The van der Waals surface area contributed by atoms with E-state index in [9.17, 15) is 14.4 Å². The van der Waals surface area contributed by atoms with Crippen molar-refractivity contribution >= 4 is 17.7 Å². The molecule has 1 aromatic carbocycles. The molecular formula is C20H26N4O3.